The summed E-state index contributed by atoms with van der Waals surface area (Å²) in [6, 6.07) is 12.8. The lowest BCUT2D eigenvalue weighted by molar-refractivity contribution is 0.568. The van der Waals surface area contributed by atoms with Crippen molar-refractivity contribution < 1.29 is 4.39 Å². The molecule has 0 radical (unpaired) electrons. The maximum Gasteiger partial charge on any atom is 0.123 e. The zero-order valence-electron chi connectivity index (χ0n) is 11.1. The van der Waals surface area contributed by atoms with Gasteiger partial charge in [0, 0.05) is 17.6 Å². The van der Waals surface area contributed by atoms with Gasteiger partial charge in [0.15, 0.2) is 0 Å². The standard InChI is InChI=1S/C16H17ClFN/c1-11-6-7-16(18)9-14(11)10-19-12(2)13-4-3-5-15(17)8-13/h3-9,12,19H,10H2,1-2H3. The molecule has 2 rings (SSSR count). The van der Waals surface area contributed by atoms with E-state index in [1.807, 2.05) is 31.2 Å². The predicted molar refractivity (Wildman–Crippen MR) is 77.8 cm³/mol. The highest BCUT2D eigenvalue weighted by Crippen LogP contribution is 2.18. The van der Waals surface area contributed by atoms with E-state index in [0.29, 0.717) is 6.54 Å². The van der Waals surface area contributed by atoms with Crippen LogP contribution < -0.4 is 5.32 Å². The van der Waals surface area contributed by atoms with E-state index in [9.17, 15) is 4.39 Å². The van der Waals surface area contributed by atoms with Gasteiger partial charge in [-0.15, -0.1) is 0 Å². The highest BCUT2D eigenvalue weighted by atomic mass is 35.5. The van der Waals surface area contributed by atoms with Crippen LogP contribution >= 0.6 is 11.6 Å². The molecule has 0 heterocycles. The van der Waals surface area contributed by atoms with Crippen LogP contribution in [0.2, 0.25) is 5.02 Å². The minimum absolute atomic E-state index is 0.168. The van der Waals surface area contributed by atoms with E-state index in [2.05, 4.69) is 12.2 Å². The van der Waals surface area contributed by atoms with Crippen LogP contribution in [0.4, 0.5) is 4.39 Å². The number of hydrogen-bond donors (Lipinski definition) is 1. The lowest BCUT2D eigenvalue weighted by atomic mass is 10.1. The third-order valence-corrected chi connectivity index (χ3v) is 3.49. The maximum atomic E-state index is 13.2. The van der Waals surface area contributed by atoms with Gasteiger partial charge < -0.3 is 5.32 Å². The van der Waals surface area contributed by atoms with Crippen LogP contribution in [-0.4, -0.2) is 0 Å². The second-order valence-corrected chi connectivity index (χ2v) is 5.16. The molecule has 2 aromatic rings. The summed E-state index contributed by atoms with van der Waals surface area (Å²) in [7, 11) is 0. The first-order valence-corrected chi connectivity index (χ1v) is 6.68. The van der Waals surface area contributed by atoms with Crippen molar-refractivity contribution in [2.24, 2.45) is 0 Å². The zero-order valence-corrected chi connectivity index (χ0v) is 11.8. The van der Waals surface area contributed by atoms with Crippen molar-refractivity contribution in [1.82, 2.24) is 5.32 Å². The van der Waals surface area contributed by atoms with Gasteiger partial charge in [-0.25, -0.2) is 4.39 Å². The van der Waals surface area contributed by atoms with Gasteiger partial charge in [-0.05, 0) is 54.8 Å². The predicted octanol–water partition coefficient (Wildman–Crippen LogP) is 4.64. The molecule has 1 N–H and O–H groups in total. The molecule has 2 aromatic carbocycles. The highest BCUT2D eigenvalue weighted by molar-refractivity contribution is 6.30. The summed E-state index contributed by atoms with van der Waals surface area (Å²) < 4.78 is 13.2. The molecular formula is C16H17ClFN. The summed E-state index contributed by atoms with van der Waals surface area (Å²) in [6.45, 7) is 4.69. The van der Waals surface area contributed by atoms with Crippen LogP contribution in [0.3, 0.4) is 0 Å². The van der Waals surface area contributed by atoms with Crippen LogP contribution in [0.25, 0.3) is 0 Å². The van der Waals surface area contributed by atoms with Gasteiger partial charge >= 0.3 is 0 Å². The summed E-state index contributed by atoms with van der Waals surface area (Å²) in [5, 5.41) is 4.11. The number of aryl methyl sites for hydroxylation is 1. The van der Waals surface area contributed by atoms with Crippen molar-refractivity contribution >= 4 is 11.6 Å². The molecule has 0 aliphatic rings. The first-order chi connectivity index (χ1) is 9.06. The summed E-state index contributed by atoms with van der Waals surface area (Å²) in [5.41, 5.74) is 3.20. The monoisotopic (exact) mass is 277 g/mol. The molecule has 0 aliphatic carbocycles. The fourth-order valence-electron chi connectivity index (χ4n) is 1.99. The van der Waals surface area contributed by atoms with E-state index in [-0.39, 0.29) is 11.9 Å². The lowest BCUT2D eigenvalue weighted by Crippen LogP contribution is -2.18. The first kappa shape index (κ1) is 14.0. The third kappa shape index (κ3) is 3.79. The summed E-state index contributed by atoms with van der Waals surface area (Å²) in [5.74, 6) is -0.196. The van der Waals surface area contributed by atoms with Gasteiger partial charge in [-0.1, -0.05) is 29.8 Å². The zero-order chi connectivity index (χ0) is 13.8. The van der Waals surface area contributed by atoms with E-state index >= 15 is 0 Å². The van der Waals surface area contributed by atoms with Crippen LogP contribution in [0.1, 0.15) is 29.7 Å². The van der Waals surface area contributed by atoms with Crippen LogP contribution in [0, 0.1) is 12.7 Å². The molecule has 1 unspecified atom stereocenters. The minimum Gasteiger partial charge on any atom is -0.306 e. The van der Waals surface area contributed by atoms with Gasteiger partial charge in [0.05, 0.1) is 0 Å². The molecule has 0 aromatic heterocycles. The molecule has 0 amide bonds. The van der Waals surface area contributed by atoms with Crippen molar-refractivity contribution in [2.75, 3.05) is 0 Å². The van der Waals surface area contributed by atoms with Crippen molar-refractivity contribution in [3.05, 3.63) is 70.0 Å². The number of hydrogen-bond acceptors (Lipinski definition) is 1. The molecule has 0 spiro atoms. The van der Waals surface area contributed by atoms with Crippen molar-refractivity contribution in [3.63, 3.8) is 0 Å². The SMILES string of the molecule is Cc1ccc(F)cc1CNC(C)c1cccc(Cl)c1. The largest absolute Gasteiger partial charge is 0.306 e. The average Bonchev–Trinajstić information content (AvgIpc) is 2.39. The van der Waals surface area contributed by atoms with Gasteiger partial charge in [0.25, 0.3) is 0 Å². The number of halogens is 2. The number of rotatable bonds is 4. The summed E-state index contributed by atoms with van der Waals surface area (Å²) >= 11 is 5.97. The molecule has 0 aliphatic heterocycles. The van der Waals surface area contributed by atoms with E-state index in [1.165, 1.54) is 6.07 Å². The van der Waals surface area contributed by atoms with Crippen molar-refractivity contribution in [1.29, 1.82) is 0 Å². The van der Waals surface area contributed by atoms with Crippen molar-refractivity contribution in [3.8, 4) is 0 Å². The van der Waals surface area contributed by atoms with Crippen LogP contribution in [0.5, 0.6) is 0 Å². The first-order valence-electron chi connectivity index (χ1n) is 6.30. The Hall–Kier alpha value is -1.38. The molecule has 0 fully saturated rings. The van der Waals surface area contributed by atoms with Crippen LogP contribution in [0.15, 0.2) is 42.5 Å². The molecule has 0 saturated heterocycles. The van der Waals surface area contributed by atoms with E-state index in [0.717, 1.165) is 21.7 Å². The Morgan fingerprint density at radius 1 is 1.21 bits per heavy atom. The Balaban J connectivity index is 2.04. The van der Waals surface area contributed by atoms with E-state index in [4.69, 9.17) is 11.6 Å². The fraction of sp³-hybridized carbons (Fsp3) is 0.250. The van der Waals surface area contributed by atoms with Gasteiger partial charge in [0.2, 0.25) is 0 Å². The summed E-state index contributed by atoms with van der Waals surface area (Å²) in [4.78, 5) is 0. The van der Waals surface area contributed by atoms with Gasteiger partial charge in [-0.3, -0.25) is 0 Å². The number of nitrogens with one attached hydrogen (secondary N) is 1. The Kier molecular flexibility index (Phi) is 4.56. The summed E-state index contributed by atoms with van der Waals surface area (Å²) in [6.07, 6.45) is 0. The lowest BCUT2D eigenvalue weighted by Gasteiger charge is -2.15. The maximum absolute atomic E-state index is 13.2. The van der Waals surface area contributed by atoms with Crippen molar-refractivity contribution in [2.45, 2.75) is 26.4 Å². The Bertz CT molecular complexity index is 568. The van der Waals surface area contributed by atoms with Gasteiger partial charge in [-0.2, -0.15) is 0 Å². The molecule has 0 saturated carbocycles. The average molecular weight is 278 g/mol. The van der Waals surface area contributed by atoms with Crippen LogP contribution in [-0.2, 0) is 6.54 Å². The number of benzene rings is 2. The smallest absolute Gasteiger partial charge is 0.123 e. The Morgan fingerprint density at radius 2 is 2.00 bits per heavy atom. The topological polar surface area (TPSA) is 12.0 Å². The normalized spacial score (nSPS) is 12.4. The quantitative estimate of drug-likeness (QED) is 0.858. The third-order valence-electron chi connectivity index (χ3n) is 3.26. The second kappa shape index (κ2) is 6.18. The molecule has 0 bridgehead atoms. The Labute approximate surface area is 118 Å². The molecule has 100 valence electrons. The Morgan fingerprint density at radius 3 is 2.74 bits per heavy atom. The molecular weight excluding hydrogens is 261 g/mol. The molecule has 1 nitrogen and oxygen atoms in total. The molecule has 1 atom stereocenters. The second-order valence-electron chi connectivity index (χ2n) is 4.73. The minimum atomic E-state index is -0.196. The highest BCUT2D eigenvalue weighted by Gasteiger charge is 2.07. The molecule has 3 heteroatoms. The molecule has 19 heavy (non-hydrogen) atoms. The van der Waals surface area contributed by atoms with E-state index < -0.39 is 0 Å². The van der Waals surface area contributed by atoms with Gasteiger partial charge in [0.1, 0.15) is 5.82 Å². The van der Waals surface area contributed by atoms with E-state index in [1.54, 1.807) is 12.1 Å². The fourth-order valence-corrected chi connectivity index (χ4v) is 2.19.